The Hall–Kier alpha value is -1.61. The van der Waals surface area contributed by atoms with E-state index in [-0.39, 0.29) is 0 Å². The summed E-state index contributed by atoms with van der Waals surface area (Å²) in [7, 11) is 0. The molecule has 0 saturated carbocycles. The van der Waals surface area contributed by atoms with E-state index in [1.807, 2.05) is 0 Å². The van der Waals surface area contributed by atoms with Crippen LogP contribution in [-0.2, 0) is 19.5 Å². The van der Waals surface area contributed by atoms with Gasteiger partial charge in [0.25, 0.3) is 0 Å². The van der Waals surface area contributed by atoms with Gasteiger partial charge in [0.1, 0.15) is 5.82 Å². The molecule has 1 atom stereocenters. The van der Waals surface area contributed by atoms with Crippen LogP contribution in [0.3, 0.4) is 0 Å². The predicted octanol–water partition coefficient (Wildman–Crippen LogP) is 5.46. The Morgan fingerprint density at radius 2 is 1.81 bits per heavy atom. The van der Waals surface area contributed by atoms with Crippen molar-refractivity contribution < 1.29 is 0 Å². The third-order valence-electron chi connectivity index (χ3n) is 6.18. The molecule has 0 spiro atoms. The van der Waals surface area contributed by atoms with Gasteiger partial charge in [0, 0.05) is 31.7 Å². The highest BCUT2D eigenvalue weighted by Crippen LogP contribution is 2.33. The Bertz CT molecular complexity index is 690. The van der Waals surface area contributed by atoms with Gasteiger partial charge in [-0.05, 0) is 49.3 Å². The molecule has 2 aromatic rings. The van der Waals surface area contributed by atoms with Crippen molar-refractivity contribution in [2.75, 3.05) is 6.54 Å². The van der Waals surface area contributed by atoms with E-state index in [0.717, 1.165) is 19.5 Å². The number of likely N-dealkylation sites (tertiary alicyclic amines) is 1. The number of hydrogen-bond acceptors (Lipinski definition) is 2. The van der Waals surface area contributed by atoms with Crippen LogP contribution in [0, 0.1) is 0 Å². The highest BCUT2D eigenvalue weighted by atomic mass is 15.2. The molecule has 1 aromatic heterocycles. The lowest BCUT2D eigenvalue weighted by Crippen LogP contribution is -2.33. The van der Waals surface area contributed by atoms with Crippen molar-refractivity contribution in [1.82, 2.24) is 14.5 Å². The number of aryl methyl sites for hydroxylation is 2. The highest BCUT2D eigenvalue weighted by Gasteiger charge is 2.25. The molecular weight excluding hydrogens is 318 g/mol. The number of imidazole rings is 1. The van der Waals surface area contributed by atoms with Crippen molar-refractivity contribution in [1.29, 1.82) is 0 Å². The van der Waals surface area contributed by atoms with Crippen LogP contribution in [0.25, 0.3) is 0 Å². The van der Waals surface area contributed by atoms with Crippen molar-refractivity contribution in [2.45, 2.75) is 83.8 Å². The smallest absolute Gasteiger partial charge is 0.109 e. The number of benzene rings is 1. The Labute approximate surface area is 158 Å². The fourth-order valence-corrected chi connectivity index (χ4v) is 4.59. The van der Waals surface area contributed by atoms with Crippen molar-refractivity contribution in [2.24, 2.45) is 0 Å². The summed E-state index contributed by atoms with van der Waals surface area (Å²) >= 11 is 0. The van der Waals surface area contributed by atoms with E-state index < -0.39 is 0 Å². The number of aromatic nitrogens is 2. The van der Waals surface area contributed by atoms with Gasteiger partial charge in [-0.25, -0.2) is 4.98 Å². The Balaban J connectivity index is 1.50. The minimum absolute atomic E-state index is 0.548. The molecule has 0 bridgehead atoms. The lowest BCUT2D eigenvalue weighted by atomic mass is 9.93. The number of piperidine rings is 1. The normalized spacial score (nSPS) is 21.6. The molecule has 1 fully saturated rings. The standard InChI is InChI=1S/C23H33N3/c1-18(2)19-10-12-20(13-11-19)22-8-5-7-14-25(22)16-21-17-26-15-6-3-4-9-23(26)24-21/h10-13,17-18,22H,3-9,14-16H2,1-2H3. The van der Waals surface area contributed by atoms with Crippen LogP contribution < -0.4 is 0 Å². The van der Waals surface area contributed by atoms with Crippen LogP contribution >= 0.6 is 0 Å². The minimum Gasteiger partial charge on any atom is -0.335 e. The summed E-state index contributed by atoms with van der Waals surface area (Å²) in [6.07, 6.45) is 11.4. The second kappa shape index (κ2) is 7.96. The summed E-state index contributed by atoms with van der Waals surface area (Å²) in [5.74, 6) is 1.92. The van der Waals surface area contributed by atoms with Gasteiger partial charge < -0.3 is 4.57 Å². The first kappa shape index (κ1) is 17.8. The third-order valence-corrected chi connectivity index (χ3v) is 6.18. The molecule has 2 aliphatic heterocycles. The highest BCUT2D eigenvalue weighted by molar-refractivity contribution is 5.27. The Kier molecular flexibility index (Phi) is 5.44. The van der Waals surface area contributed by atoms with E-state index >= 15 is 0 Å². The van der Waals surface area contributed by atoms with E-state index in [2.05, 4.69) is 53.8 Å². The third kappa shape index (κ3) is 3.88. The van der Waals surface area contributed by atoms with E-state index in [4.69, 9.17) is 4.98 Å². The molecule has 0 aliphatic carbocycles. The molecule has 1 aromatic carbocycles. The fourth-order valence-electron chi connectivity index (χ4n) is 4.59. The Morgan fingerprint density at radius 1 is 1.00 bits per heavy atom. The summed E-state index contributed by atoms with van der Waals surface area (Å²) in [6, 6.07) is 9.92. The molecule has 3 heterocycles. The molecule has 2 aliphatic rings. The number of fused-ring (bicyclic) bond motifs is 1. The van der Waals surface area contributed by atoms with Crippen LogP contribution in [0.15, 0.2) is 30.5 Å². The molecule has 3 heteroatoms. The summed E-state index contributed by atoms with van der Waals surface area (Å²) in [5.41, 5.74) is 4.19. The molecule has 0 N–H and O–H groups in total. The van der Waals surface area contributed by atoms with Crippen LogP contribution in [0.2, 0.25) is 0 Å². The first-order chi connectivity index (χ1) is 12.7. The number of hydrogen-bond donors (Lipinski definition) is 0. The fraction of sp³-hybridized carbons (Fsp3) is 0.609. The van der Waals surface area contributed by atoms with Crippen LogP contribution in [0.1, 0.15) is 87.0 Å². The number of nitrogens with zero attached hydrogens (tertiary/aromatic N) is 3. The van der Waals surface area contributed by atoms with Gasteiger partial charge in [-0.15, -0.1) is 0 Å². The molecule has 140 valence electrons. The van der Waals surface area contributed by atoms with E-state index in [1.54, 1.807) is 0 Å². The van der Waals surface area contributed by atoms with Gasteiger partial charge in [-0.3, -0.25) is 4.90 Å². The molecule has 1 unspecified atom stereocenters. The summed E-state index contributed by atoms with van der Waals surface area (Å²) in [5, 5.41) is 0. The molecule has 0 amide bonds. The maximum Gasteiger partial charge on any atom is 0.109 e. The molecule has 4 rings (SSSR count). The molecule has 0 radical (unpaired) electrons. The molecular formula is C23H33N3. The summed E-state index contributed by atoms with van der Waals surface area (Å²) in [6.45, 7) is 7.88. The Morgan fingerprint density at radius 3 is 2.62 bits per heavy atom. The van der Waals surface area contributed by atoms with Crippen LogP contribution in [0.4, 0.5) is 0 Å². The monoisotopic (exact) mass is 351 g/mol. The van der Waals surface area contributed by atoms with Gasteiger partial charge in [0.05, 0.1) is 5.69 Å². The van der Waals surface area contributed by atoms with Gasteiger partial charge in [0.15, 0.2) is 0 Å². The topological polar surface area (TPSA) is 21.1 Å². The van der Waals surface area contributed by atoms with Crippen molar-refractivity contribution in [3.05, 3.63) is 53.1 Å². The average Bonchev–Trinajstić information content (AvgIpc) is 2.90. The van der Waals surface area contributed by atoms with Crippen LogP contribution in [0.5, 0.6) is 0 Å². The SMILES string of the molecule is CC(C)c1ccc(C2CCCCN2Cc2cn3c(n2)CCCCC3)cc1. The quantitative estimate of drug-likeness (QED) is 0.729. The maximum atomic E-state index is 4.99. The van der Waals surface area contributed by atoms with Gasteiger partial charge in [0.2, 0.25) is 0 Å². The first-order valence-corrected chi connectivity index (χ1v) is 10.6. The summed E-state index contributed by atoms with van der Waals surface area (Å²) < 4.78 is 2.42. The molecule has 3 nitrogen and oxygen atoms in total. The lowest BCUT2D eigenvalue weighted by Gasteiger charge is -2.35. The second-order valence-electron chi connectivity index (χ2n) is 8.46. The number of rotatable bonds is 4. The van der Waals surface area contributed by atoms with E-state index in [9.17, 15) is 0 Å². The van der Waals surface area contributed by atoms with E-state index in [0.29, 0.717) is 12.0 Å². The zero-order chi connectivity index (χ0) is 17.9. The van der Waals surface area contributed by atoms with E-state index in [1.165, 1.54) is 67.7 Å². The van der Waals surface area contributed by atoms with Crippen molar-refractivity contribution in [3.63, 3.8) is 0 Å². The largest absolute Gasteiger partial charge is 0.335 e. The second-order valence-corrected chi connectivity index (χ2v) is 8.46. The zero-order valence-electron chi connectivity index (χ0n) is 16.5. The minimum atomic E-state index is 0.548. The van der Waals surface area contributed by atoms with Gasteiger partial charge >= 0.3 is 0 Å². The van der Waals surface area contributed by atoms with Crippen molar-refractivity contribution >= 4 is 0 Å². The first-order valence-electron chi connectivity index (χ1n) is 10.6. The average molecular weight is 352 g/mol. The molecule has 26 heavy (non-hydrogen) atoms. The maximum absolute atomic E-state index is 4.99. The predicted molar refractivity (Wildman–Crippen MR) is 107 cm³/mol. The van der Waals surface area contributed by atoms with Gasteiger partial charge in [-0.1, -0.05) is 51.0 Å². The van der Waals surface area contributed by atoms with Crippen LogP contribution in [-0.4, -0.2) is 21.0 Å². The zero-order valence-corrected chi connectivity index (χ0v) is 16.5. The summed E-state index contributed by atoms with van der Waals surface area (Å²) in [4.78, 5) is 7.65. The molecule has 1 saturated heterocycles. The van der Waals surface area contributed by atoms with Gasteiger partial charge in [-0.2, -0.15) is 0 Å². The lowest BCUT2D eigenvalue weighted by molar-refractivity contribution is 0.139. The van der Waals surface area contributed by atoms with Crippen molar-refractivity contribution in [3.8, 4) is 0 Å².